The zero-order valence-electron chi connectivity index (χ0n) is 12.7. The van der Waals surface area contributed by atoms with Crippen molar-refractivity contribution in [2.75, 3.05) is 18.4 Å². The van der Waals surface area contributed by atoms with Crippen LogP contribution < -0.4 is 5.32 Å². The first kappa shape index (κ1) is 15.0. The molecular weight excluding hydrogens is 290 g/mol. The summed E-state index contributed by atoms with van der Waals surface area (Å²) in [5, 5.41) is 12.2. The number of anilines is 2. The lowest BCUT2D eigenvalue weighted by Gasteiger charge is -2.26. The minimum atomic E-state index is -0.0660. The van der Waals surface area contributed by atoms with Crippen LogP contribution in [0.4, 0.5) is 11.5 Å². The Hall–Kier alpha value is -2.94. The van der Waals surface area contributed by atoms with Gasteiger partial charge in [0.05, 0.1) is 11.3 Å². The molecule has 1 aromatic carbocycles. The molecule has 1 fully saturated rings. The van der Waals surface area contributed by atoms with Crippen molar-refractivity contribution in [1.29, 1.82) is 5.26 Å². The van der Waals surface area contributed by atoms with Crippen molar-refractivity contribution >= 4 is 17.4 Å². The van der Waals surface area contributed by atoms with Crippen molar-refractivity contribution in [3.63, 3.8) is 0 Å². The van der Waals surface area contributed by atoms with Gasteiger partial charge in [-0.1, -0.05) is 12.1 Å². The largest absolute Gasteiger partial charge is 0.339 e. The molecule has 1 aliphatic rings. The highest BCUT2D eigenvalue weighted by Gasteiger charge is 2.19. The van der Waals surface area contributed by atoms with Gasteiger partial charge in [0.15, 0.2) is 0 Å². The van der Waals surface area contributed by atoms with Gasteiger partial charge in [0.1, 0.15) is 23.9 Å². The van der Waals surface area contributed by atoms with E-state index in [9.17, 15) is 4.79 Å². The molecule has 2 heterocycles. The fraction of sp³-hybridized carbons (Fsp3) is 0.294. The molecule has 0 spiro atoms. The van der Waals surface area contributed by atoms with Gasteiger partial charge in [-0.2, -0.15) is 5.26 Å². The van der Waals surface area contributed by atoms with E-state index in [0.717, 1.165) is 25.9 Å². The van der Waals surface area contributed by atoms with Crippen LogP contribution in [0, 0.1) is 11.3 Å². The van der Waals surface area contributed by atoms with Gasteiger partial charge in [-0.05, 0) is 31.4 Å². The zero-order valence-corrected chi connectivity index (χ0v) is 12.7. The molecule has 0 bridgehead atoms. The first-order valence-corrected chi connectivity index (χ1v) is 7.65. The molecule has 1 amide bonds. The maximum absolute atomic E-state index is 12.5. The SMILES string of the molecule is N#Cc1ccccc1Nc1cc(C(=O)N2CCCCC2)ncn1. The molecule has 6 heteroatoms. The van der Waals surface area contributed by atoms with E-state index < -0.39 is 0 Å². The van der Waals surface area contributed by atoms with Gasteiger partial charge in [0.25, 0.3) is 5.91 Å². The van der Waals surface area contributed by atoms with Crippen LogP contribution in [0.5, 0.6) is 0 Å². The predicted molar refractivity (Wildman–Crippen MR) is 86.2 cm³/mol. The highest BCUT2D eigenvalue weighted by atomic mass is 16.2. The number of nitrogens with zero attached hydrogens (tertiary/aromatic N) is 4. The van der Waals surface area contributed by atoms with Gasteiger partial charge in [0, 0.05) is 19.2 Å². The topological polar surface area (TPSA) is 81.9 Å². The zero-order chi connectivity index (χ0) is 16.1. The Morgan fingerprint density at radius 2 is 1.96 bits per heavy atom. The summed E-state index contributed by atoms with van der Waals surface area (Å²) >= 11 is 0. The number of aromatic nitrogens is 2. The summed E-state index contributed by atoms with van der Waals surface area (Å²) in [6.45, 7) is 1.56. The molecule has 0 unspecified atom stereocenters. The average molecular weight is 307 g/mol. The van der Waals surface area contributed by atoms with Gasteiger partial charge in [-0.15, -0.1) is 0 Å². The number of rotatable bonds is 3. The highest BCUT2D eigenvalue weighted by Crippen LogP contribution is 2.19. The Bertz CT molecular complexity index is 747. The van der Waals surface area contributed by atoms with Crippen molar-refractivity contribution in [3.8, 4) is 6.07 Å². The second-order valence-electron chi connectivity index (χ2n) is 5.42. The molecule has 0 atom stereocenters. The Kier molecular flexibility index (Phi) is 4.48. The molecule has 6 nitrogen and oxygen atoms in total. The molecule has 2 aromatic rings. The van der Waals surface area contributed by atoms with Crippen LogP contribution >= 0.6 is 0 Å². The van der Waals surface area contributed by atoms with Crippen molar-refractivity contribution in [1.82, 2.24) is 14.9 Å². The number of benzene rings is 1. The number of carbonyl (C=O) groups excluding carboxylic acids is 1. The summed E-state index contributed by atoms with van der Waals surface area (Å²) in [5.41, 5.74) is 1.55. The first-order chi connectivity index (χ1) is 11.3. The number of hydrogen-bond acceptors (Lipinski definition) is 5. The van der Waals surface area contributed by atoms with Crippen LogP contribution in [0.3, 0.4) is 0 Å². The van der Waals surface area contributed by atoms with Crippen LogP contribution in [0.2, 0.25) is 0 Å². The molecule has 0 saturated carbocycles. The van der Waals surface area contributed by atoms with Gasteiger partial charge in [0.2, 0.25) is 0 Å². The molecule has 1 N–H and O–H groups in total. The fourth-order valence-electron chi connectivity index (χ4n) is 2.63. The number of amides is 1. The highest BCUT2D eigenvalue weighted by molar-refractivity contribution is 5.93. The van der Waals surface area contributed by atoms with E-state index in [1.807, 2.05) is 11.0 Å². The van der Waals surface area contributed by atoms with Crippen LogP contribution in [0.15, 0.2) is 36.7 Å². The van der Waals surface area contributed by atoms with E-state index in [0.29, 0.717) is 22.8 Å². The van der Waals surface area contributed by atoms with E-state index in [-0.39, 0.29) is 5.91 Å². The number of nitriles is 1. The fourth-order valence-corrected chi connectivity index (χ4v) is 2.63. The molecule has 0 radical (unpaired) electrons. The molecular formula is C17H17N5O. The third kappa shape index (κ3) is 3.46. The minimum Gasteiger partial charge on any atom is -0.339 e. The van der Waals surface area contributed by atoms with E-state index in [1.165, 1.54) is 12.7 Å². The Balaban J connectivity index is 1.80. The summed E-state index contributed by atoms with van der Waals surface area (Å²) in [5.74, 6) is 0.437. The van der Waals surface area contributed by atoms with Crippen LogP contribution in [-0.2, 0) is 0 Å². The van der Waals surface area contributed by atoms with Gasteiger partial charge >= 0.3 is 0 Å². The third-order valence-electron chi connectivity index (χ3n) is 3.84. The summed E-state index contributed by atoms with van der Waals surface area (Å²) < 4.78 is 0. The third-order valence-corrected chi connectivity index (χ3v) is 3.84. The summed E-state index contributed by atoms with van der Waals surface area (Å²) in [6, 6.07) is 10.9. The lowest BCUT2D eigenvalue weighted by Crippen LogP contribution is -2.36. The van der Waals surface area contributed by atoms with Gasteiger partial charge in [-0.3, -0.25) is 4.79 Å². The molecule has 3 rings (SSSR count). The number of piperidine rings is 1. The second kappa shape index (κ2) is 6.88. The van der Waals surface area contributed by atoms with Crippen LogP contribution in [0.1, 0.15) is 35.3 Å². The van der Waals surface area contributed by atoms with Crippen LogP contribution in [0.25, 0.3) is 0 Å². The maximum atomic E-state index is 12.5. The van der Waals surface area contributed by atoms with Crippen molar-refractivity contribution in [3.05, 3.63) is 47.9 Å². The van der Waals surface area contributed by atoms with Crippen molar-refractivity contribution < 1.29 is 4.79 Å². The Morgan fingerprint density at radius 3 is 2.74 bits per heavy atom. The predicted octanol–water partition coefficient (Wildman–Crippen LogP) is 2.72. The number of carbonyl (C=O) groups is 1. The Morgan fingerprint density at radius 1 is 1.17 bits per heavy atom. The molecule has 23 heavy (non-hydrogen) atoms. The lowest BCUT2D eigenvalue weighted by atomic mass is 10.1. The monoisotopic (exact) mass is 307 g/mol. The standard InChI is InChI=1S/C17H17N5O/c18-11-13-6-2-3-7-14(13)21-16-10-15(19-12-20-16)17(23)22-8-4-1-5-9-22/h2-3,6-7,10,12H,1,4-5,8-9H2,(H,19,20,21). The molecule has 1 aliphatic heterocycles. The van der Waals surface area contributed by atoms with Crippen molar-refractivity contribution in [2.24, 2.45) is 0 Å². The van der Waals surface area contributed by atoms with E-state index >= 15 is 0 Å². The quantitative estimate of drug-likeness (QED) is 0.942. The lowest BCUT2D eigenvalue weighted by molar-refractivity contribution is 0.0718. The average Bonchev–Trinajstić information content (AvgIpc) is 2.62. The van der Waals surface area contributed by atoms with Gasteiger partial charge < -0.3 is 10.2 Å². The normalized spacial score (nSPS) is 14.1. The minimum absolute atomic E-state index is 0.0660. The number of likely N-dealkylation sites (tertiary alicyclic amines) is 1. The first-order valence-electron chi connectivity index (χ1n) is 7.65. The summed E-state index contributed by atoms with van der Waals surface area (Å²) in [6.07, 6.45) is 4.62. The Labute approximate surface area is 134 Å². The molecule has 116 valence electrons. The van der Waals surface area contributed by atoms with E-state index in [4.69, 9.17) is 5.26 Å². The van der Waals surface area contributed by atoms with Gasteiger partial charge in [-0.25, -0.2) is 9.97 Å². The number of hydrogen-bond donors (Lipinski definition) is 1. The van der Waals surface area contributed by atoms with Crippen LogP contribution in [-0.4, -0.2) is 33.9 Å². The van der Waals surface area contributed by atoms with E-state index in [2.05, 4.69) is 21.4 Å². The number of para-hydroxylation sites is 1. The van der Waals surface area contributed by atoms with Crippen molar-refractivity contribution in [2.45, 2.75) is 19.3 Å². The van der Waals surface area contributed by atoms with E-state index in [1.54, 1.807) is 24.3 Å². The maximum Gasteiger partial charge on any atom is 0.272 e. The summed E-state index contributed by atoms with van der Waals surface area (Å²) in [7, 11) is 0. The molecule has 1 aromatic heterocycles. The number of nitrogens with one attached hydrogen (secondary N) is 1. The molecule has 1 saturated heterocycles. The smallest absolute Gasteiger partial charge is 0.272 e. The summed E-state index contributed by atoms with van der Waals surface area (Å²) in [4.78, 5) is 22.5. The molecule has 0 aliphatic carbocycles. The second-order valence-corrected chi connectivity index (χ2v) is 5.42.